The van der Waals surface area contributed by atoms with Gasteiger partial charge in [-0.2, -0.15) is 0 Å². The number of hydrogen-bond acceptors (Lipinski definition) is 8. The zero-order valence-corrected chi connectivity index (χ0v) is 21.5. The molecule has 0 aromatic rings. The topological polar surface area (TPSA) is 74.8 Å². The van der Waals surface area contributed by atoms with Crippen LogP contribution in [0, 0.1) is 0 Å². The molecule has 0 aromatic heterocycles. The van der Waals surface area contributed by atoms with Gasteiger partial charge in [-0.15, -0.1) is 13.2 Å². The molecule has 2 unspecified atom stereocenters. The van der Waals surface area contributed by atoms with Crippen LogP contribution >= 0.6 is 24.4 Å². The van der Waals surface area contributed by atoms with Gasteiger partial charge in [-0.25, -0.2) is 16.8 Å². The van der Waals surface area contributed by atoms with Crippen molar-refractivity contribution in [2.45, 2.75) is 24.9 Å². The average Bonchev–Trinajstić information content (AvgIpc) is 3.11. The maximum Gasteiger partial charge on any atom is 2.00 e. The quantitative estimate of drug-likeness (QED) is 0.202. The van der Waals surface area contributed by atoms with Gasteiger partial charge in [-0.3, -0.25) is 0 Å². The molecule has 0 N–H and O–H groups in total. The summed E-state index contributed by atoms with van der Waals surface area (Å²) < 4.78 is 45.6. The van der Waals surface area contributed by atoms with Crippen LogP contribution in [0.3, 0.4) is 0 Å². The van der Waals surface area contributed by atoms with Crippen LogP contribution in [-0.2, 0) is 62.0 Å². The van der Waals surface area contributed by atoms with Crippen LogP contribution in [0.2, 0.25) is 0 Å². The van der Waals surface area contributed by atoms with Crippen LogP contribution in [0.25, 0.3) is 0 Å². The van der Waals surface area contributed by atoms with Crippen molar-refractivity contribution in [1.29, 1.82) is 0 Å². The number of hydrogen-bond donors (Lipinski definition) is 0. The predicted octanol–water partition coefficient (Wildman–Crippen LogP) is 0.984. The zero-order chi connectivity index (χ0) is 21.5. The third-order valence-electron chi connectivity index (χ3n) is 4.42. The van der Waals surface area contributed by atoms with Gasteiger partial charge >= 0.3 is 17.1 Å². The van der Waals surface area contributed by atoms with Crippen LogP contribution in [0.5, 0.6) is 0 Å². The molecular formula is C16H24CuN2O4S6. The van der Waals surface area contributed by atoms with Crippen molar-refractivity contribution in [1.82, 2.24) is 9.80 Å². The maximum absolute atomic E-state index is 11.2. The van der Waals surface area contributed by atoms with E-state index in [9.17, 15) is 16.8 Å². The van der Waals surface area contributed by atoms with Gasteiger partial charge in [0, 0.05) is 25.2 Å². The first kappa shape index (κ1) is 29.1. The molecule has 2 rings (SSSR count). The molecule has 2 fully saturated rings. The fraction of sp³-hybridized carbons (Fsp3) is 0.625. The Hall–Kier alpha value is 0.119. The van der Waals surface area contributed by atoms with E-state index in [2.05, 4.69) is 13.2 Å². The Kier molecular flexibility index (Phi) is 12.9. The van der Waals surface area contributed by atoms with Crippen LogP contribution in [0.1, 0.15) is 12.8 Å². The average molecular weight is 564 g/mol. The molecule has 2 atom stereocenters. The van der Waals surface area contributed by atoms with Gasteiger partial charge in [0.2, 0.25) is 0 Å². The summed E-state index contributed by atoms with van der Waals surface area (Å²) in [6, 6.07) is -0.106. The van der Waals surface area contributed by atoms with E-state index in [1.165, 1.54) is 0 Å². The standard InChI is InChI=1S/2C8H13NO2S3.Cu/c2*1-2-4-9(8(12)13)7-3-5-14(10,11)6-7;/h2*2,7H,1,3-6H2,(H,12,13);/q;;+2/p-2. The zero-order valence-electron chi connectivity index (χ0n) is 15.7. The summed E-state index contributed by atoms with van der Waals surface area (Å²) in [5, 5.41) is 0. The second-order valence-corrected chi connectivity index (χ2v) is 13.0. The Morgan fingerprint density at radius 1 is 0.862 bits per heavy atom. The maximum atomic E-state index is 11.2. The minimum Gasteiger partial charge on any atom is -0.411 e. The summed E-state index contributed by atoms with van der Waals surface area (Å²) in [6.45, 7) is 8.25. The molecule has 2 heterocycles. The molecule has 2 saturated heterocycles. The SMILES string of the molecule is C=CCN(C(=S)[S-])C1CCS(=O)(=O)C1.C=CCN(C(=S)[S-])C1CCS(=O)(=O)C1.[Cu+2]. The van der Waals surface area contributed by atoms with Crippen LogP contribution in [-0.4, -0.2) is 83.5 Å². The van der Waals surface area contributed by atoms with E-state index < -0.39 is 19.7 Å². The van der Waals surface area contributed by atoms with E-state index in [1.807, 2.05) is 0 Å². The molecule has 0 spiro atoms. The number of sulfone groups is 2. The summed E-state index contributed by atoms with van der Waals surface area (Å²) in [6.07, 6.45) is 4.60. The van der Waals surface area contributed by atoms with E-state index in [1.54, 1.807) is 22.0 Å². The minimum atomic E-state index is -2.87. The van der Waals surface area contributed by atoms with Crippen molar-refractivity contribution in [3.63, 3.8) is 0 Å². The largest absolute Gasteiger partial charge is 2.00 e. The molecule has 0 aromatic carbocycles. The van der Waals surface area contributed by atoms with Crippen molar-refractivity contribution in [3.05, 3.63) is 25.3 Å². The summed E-state index contributed by atoms with van der Waals surface area (Å²) in [4.78, 5) is 3.50. The predicted molar refractivity (Wildman–Crippen MR) is 128 cm³/mol. The number of nitrogens with zero attached hydrogens (tertiary/aromatic N) is 2. The molecule has 2 aliphatic rings. The Morgan fingerprint density at radius 2 is 1.17 bits per heavy atom. The van der Waals surface area contributed by atoms with E-state index >= 15 is 0 Å². The molecule has 0 aliphatic carbocycles. The van der Waals surface area contributed by atoms with Gasteiger partial charge in [0.1, 0.15) is 0 Å². The summed E-state index contributed by atoms with van der Waals surface area (Å²) in [7, 11) is -5.75. The van der Waals surface area contributed by atoms with Crippen molar-refractivity contribution in [2.24, 2.45) is 0 Å². The summed E-state index contributed by atoms with van der Waals surface area (Å²) in [5.41, 5.74) is 0. The third kappa shape index (κ3) is 9.86. The van der Waals surface area contributed by atoms with Crippen molar-refractivity contribution in [2.75, 3.05) is 36.1 Å². The second-order valence-electron chi connectivity index (χ2n) is 6.53. The Labute approximate surface area is 206 Å². The minimum absolute atomic E-state index is 0. The molecule has 0 amide bonds. The Morgan fingerprint density at radius 3 is 1.34 bits per heavy atom. The van der Waals surface area contributed by atoms with Gasteiger partial charge in [-0.05, 0) is 12.8 Å². The molecule has 29 heavy (non-hydrogen) atoms. The summed E-state index contributed by atoms with van der Waals surface area (Å²) >= 11 is 19.6. The van der Waals surface area contributed by atoms with Crippen molar-refractivity contribution >= 4 is 78.0 Å². The molecule has 1 radical (unpaired) electrons. The first-order valence-electron chi connectivity index (χ1n) is 8.50. The van der Waals surface area contributed by atoms with Crippen LogP contribution in [0.4, 0.5) is 0 Å². The molecule has 13 heteroatoms. The fourth-order valence-electron chi connectivity index (χ4n) is 3.07. The first-order chi connectivity index (χ1) is 12.9. The normalized spacial score (nSPS) is 23.6. The van der Waals surface area contributed by atoms with Crippen LogP contribution in [0.15, 0.2) is 25.3 Å². The smallest absolute Gasteiger partial charge is 0.411 e. The van der Waals surface area contributed by atoms with E-state index in [4.69, 9.17) is 49.7 Å². The van der Waals surface area contributed by atoms with Gasteiger partial charge in [0.05, 0.1) is 23.0 Å². The summed E-state index contributed by atoms with van der Waals surface area (Å²) in [5.74, 6) is 0.807. The van der Waals surface area contributed by atoms with E-state index in [-0.39, 0.29) is 52.2 Å². The van der Waals surface area contributed by atoms with Gasteiger partial charge in [-0.1, -0.05) is 20.8 Å². The molecule has 2 aliphatic heterocycles. The third-order valence-corrected chi connectivity index (χ3v) is 8.86. The fourth-order valence-corrected chi connectivity index (χ4v) is 7.42. The van der Waals surface area contributed by atoms with Crippen molar-refractivity contribution in [3.8, 4) is 0 Å². The van der Waals surface area contributed by atoms with Gasteiger partial charge in [0.15, 0.2) is 19.7 Å². The molecule has 0 bridgehead atoms. The molecule has 6 nitrogen and oxygen atoms in total. The molecular weight excluding hydrogens is 540 g/mol. The Bertz CT molecular complexity index is 747. The monoisotopic (exact) mass is 563 g/mol. The van der Waals surface area contributed by atoms with Gasteiger partial charge < -0.3 is 59.5 Å². The van der Waals surface area contributed by atoms with Gasteiger partial charge in [0.25, 0.3) is 0 Å². The van der Waals surface area contributed by atoms with Crippen LogP contribution < -0.4 is 0 Å². The van der Waals surface area contributed by atoms with E-state index in [0.29, 0.717) is 34.6 Å². The van der Waals surface area contributed by atoms with E-state index in [0.717, 1.165) is 0 Å². The second kappa shape index (κ2) is 12.8. The number of rotatable bonds is 6. The molecule has 0 saturated carbocycles. The first-order valence-corrected chi connectivity index (χ1v) is 13.8. The number of thiocarbonyl (C=S) groups is 2. The Balaban J connectivity index is 0.000000523. The molecule has 169 valence electrons. The van der Waals surface area contributed by atoms with Crippen molar-refractivity contribution < 1.29 is 33.9 Å².